The van der Waals surface area contributed by atoms with Gasteiger partial charge in [0, 0.05) is 34.9 Å². The number of carbonyl (C=O) groups is 2. The summed E-state index contributed by atoms with van der Waals surface area (Å²) in [7, 11) is 3.11. The van der Waals surface area contributed by atoms with Crippen LogP contribution in [0.25, 0.3) is 0 Å². The number of carbonyl (C=O) groups excluding carboxylic acids is 2. The largest absolute Gasteiger partial charge is 0.497 e. The van der Waals surface area contributed by atoms with Crippen LogP contribution in [0.2, 0.25) is 0 Å². The molecule has 0 spiro atoms. The van der Waals surface area contributed by atoms with Crippen molar-refractivity contribution in [3.63, 3.8) is 0 Å². The molecule has 4 rings (SSSR count). The van der Waals surface area contributed by atoms with Crippen LogP contribution in [-0.4, -0.2) is 42.5 Å². The minimum atomic E-state index is -0.172. The van der Waals surface area contributed by atoms with E-state index in [9.17, 15) is 9.59 Å². The van der Waals surface area contributed by atoms with E-state index in [0.717, 1.165) is 10.6 Å². The number of nitrogens with zero attached hydrogens (tertiary/aromatic N) is 2. The van der Waals surface area contributed by atoms with Crippen LogP contribution in [0.1, 0.15) is 31.3 Å². The third-order valence-electron chi connectivity index (χ3n) is 4.62. The summed E-state index contributed by atoms with van der Waals surface area (Å²) in [5.74, 6) is 0.877. The molecular formula is C20H19N3O4S2. The lowest BCUT2D eigenvalue weighted by molar-refractivity contribution is 0.0735. The number of hydrogen-bond donors (Lipinski definition) is 1. The van der Waals surface area contributed by atoms with Crippen LogP contribution in [0.4, 0.5) is 5.13 Å². The molecule has 0 saturated carbocycles. The Kier molecular flexibility index (Phi) is 5.50. The number of benzene rings is 1. The summed E-state index contributed by atoms with van der Waals surface area (Å²) in [5.41, 5.74) is 2.06. The normalized spacial score (nSPS) is 13.0. The highest BCUT2D eigenvalue weighted by Gasteiger charge is 2.26. The number of fused-ring (bicyclic) bond motifs is 1. The SMILES string of the molecule is COc1cc(OC)cc(C(=O)N2CCc3nc(NC(=O)c4ccsc4)sc3C2)c1. The number of rotatable bonds is 5. The van der Waals surface area contributed by atoms with Gasteiger partial charge >= 0.3 is 0 Å². The number of thiophene rings is 1. The first-order valence-electron chi connectivity index (χ1n) is 8.92. The van der Waals surface area contributed by atoms with Gasteiger partial charge in [-0.25, -0.2) is 4.98 Å². The van der Waals surface area contributed by atoms with Gasteiger partial charge in [-0.2, -0.15) is 11.3 Å². The van der Waals surface area contributed by atoms with E-state index in [1.807, 2.05) is 5.38 Å². The fraction of sp³-hybridized carbons (Fsp3) is 0.250. The molecule has 0 unspecified atom stereocenters. The molecule has 0 saturated heterocycles. The van der Waals surface area contributed by atoms with Crippen molar-refractivity contribution < 1.29 is 19.1 Å². The highest BCUT2D eigenvalue weighted by molar-refractivity contribution is 7.16. The quantitative estimate of drug-likeness (QED) is 0.669. The molecule has 3 aromatic rings. The third-order valence-corrected chi connectivity index (χ3v) is 6.30. The number of aromatic nitrogens is 1. The minimum absolute atomic E-state index is 0.0925. The first kappa shape index (κ1) is 19.4. The lowest BCUT2D eigenvalue weighted by Crippen LogP contribution is -2.35. The van der Waals surface area contributed by atoms with E-state index in [1.165, 1.54) is 22.7 Å². The van der Waals surface area contributed by atoms with Gasteiger partial charge in [0.05, 0.1) is 32.0 Å². The second-order valence-corrected chi connectivity index (χ2v) is 8.30. The van der Waals surface area contributed by atoms with Gasteiger partial charge < -0.3 is 14.4 Å². The van der Waals surface area contributed by atoms with E-state index in [2.05, 4.69) is 10.3 Å². The van der Waals surface area contributed by atoms with Crippen LogP contribution < -0.4 is 14.8 Å². The molecule has 2 aromatic heterocycles. The molecule has 1 aromatic carbocycles. The van der Waals surface area contributed by atoms with Gasteiger partial charge in [-0.1, -0.05) is 11.3 Å². The van der Waals surface area contributed by atoms with Crippen molar-refractivity contribution in [2.24, 2.45) is 0 Å². The molecular weight excluding hydrogens is 410 g/mol. The van der Waals surface area contributed by atoms with Crippen LogP contribution >= 0.6 is 22.7 Å². The summed E-state index contributed by atoms with van der Waals surface area (Å²) in [6.45, 7) is 1.02. The maximum atomic E-state index is 13.0. The van der Waals surface area contributed by atoms with Crippen molar-refractivity contribution in [1.29, 1.82) is 0 Å². The Morgan fingerprint density at radius 2 is 1.90 bits per heavy atom. The zero-order valence-electron chi connectivity index (χ0n) is 15.9. The predicted molar refractivity (Wildman–Crippen MR) is 112 cm³/mol. The van der Waals surface area contributed by atoms with Crippen LogP contribution in [0.3, 0.4) is 0 Å². The second-order valence-electron chi connectivity index (χ2n) is 6.43. The van der Waals surface area contributed by atoms with Gasteiger partial charge in [-0.05, 0) is 23.6 Å². The van der Waals surface area contributed by atoms with Gasteiger partial charge in [-0.15, -0.1) is 0 Å². The zero-order chi connectivity index (χ0) is 20.4. The molecule has 1 N–H and O–H groups in total. The lowest BCUT2D eigenvalue weighted by atomic mass is 10.1. The molecule has 1 aliphatic heterocycles. The van der Waals surface area contributed by atoms with Crippen LogP contribution in [0.5, 0.6) is 11.5 Å². The second kappa shape index (κ2) is 8.22. The topological polar surface area (TPSA) is 80.8 Å². The van der Waals surface area contributed by atoms with Crippen molar-refractivity contribution in [3.05, 3.63) is 56.7 Å². The zero-order valence-corrected chi connectivity index (χ0v) is 17.6. The average molecular weight is 430 g/mol. The molecule has 0 bridgehead atoms. The Morgan fingerprint density at radius 3 is 2.55 bits per heavy atom. The van der Waals surface area contributed by atoms with Crippen molar-refractivity contribution in [3.8, 4) is 11.5 Å². The summed E-state index contributed by atoms with van der Waals surface area (Å²) >= 11 is 2.88. The van der Waals surface area contributed by atoms with E-state index in [1.54, 1.807) is 48.8 Å². The molecule has 29 heavy (non-hydrogen) atoms. The summed E-state index contributed by atoms with van der Waals surface area (Å²) < 4.78 is 10.5. The number of nitrogens with one attached hydrogen (secondary N) is 1. The number of amides is 2. The Morgan fingerprint density at radius 1 is 1.14 bits per heavy atom. The molecule has 2 amide bonds. The average Bonchev–Trinajstić information content (AvgIpc) is 3.41. The van der Waals surface area contributed by atoms with Crippen molar-refractivity contribution in [2.45, 2.75) is 13.0 Å². The fourth-order valence-corrected chi connectivity index (χ4v) is 4.75. The lowest BCUT2D eigenvalue weighted by Gasteiger charge is -2.26. The molecule has 9 heteroatoms. The van der Waals surface area contributed by atoms with Crippen molar-refractivity contribution in [1.82, 2.24) is 9.88 Å². The van der Waals surface area contributed by atoms with E-state index < -0.39 is 0 Å². The predicted octanol–water partition coefficient (Wildman–Crippen LogP) is 3.67. The van der Waals surface area contributed by atoms with Crippen molar-refractivity contribution >= 4 is 39.6 Å². The monoisotopic (exact) mass is 429 g/mol. The van der Waals surface area contributed by atoms with Crippen LogP contribution in [-0.2, 0) is 13.0 Å². The molecule has 0 radical (unpaired) electrons. The molecule has 0 aliphatic carbocycles. The third kappa shape index (κ3) is 4.10. The molecule has 0 atom stereocenters. The van der Waals surface area contributed by atoms with Crippen LogP contribution in [0, 0.1) is 0 Å². The Balaban J connectivity index is 1.49. The van der Waals surface area contributed by atoms with Gasteiger partial charge in [0.25, 0.3) is 11.8 Å². The van der Waals surface area contributed by atoms with Gasteiger partial charge in [0.15, 0.2) is 5.13 Å². The van der Waals surface area contributed by atoms with Gasteiger partial charge in [0.2, 0.25) is 0 Å². The Bertz CT molecular complexity index is 1020. The summed E-state index contributed by atoms with van der Waals surface area (Å²) in [6.07, 6.45) is 0.646. The first-order valence-corrected chi connectivity index (χ1v) is 10.7. The Hall–Kier alpha value is -2.91. The fourth-order valence-electron chi connectivity index (χ4n) is 3.10. The van der Waals surface area contributed by atoms with E-state index in [-0.39, 0.29) is 11.8 Å². The highest BCUT2D eigenvalue weighted by Crippen LogP contribution is 2.30. The molecule has 150 valence electrons. The minimum Gasteiger partial charge on any atom is -0.497 e. The summed E-state index contributed by atoms with van der Waals surface area (Å²) in [6, 6.07) is 6.92. The molecule has 7 nitrogen and oxygen atoms in total. The Labute approximate surface area is 175 Å². The van der Waals surface area contributed by atoms with E-state index in [0.29, 0.717) is 47.3 Å². The standard InChI is InChI=1S/C20H19N3O4S2/c1-26-14-7-13(8-15(9-14)27-2)19(25)23-5-3-16-17(10-23)29-20(21-16)22-18(24)12-4-6-28-11-12/h4,6-9,11H,3,5,10H2,1-2H3,(H,21,22,24). The number of methoxy groups -OCH3 is 2. The molecule has 0 fully saturated rings. The number of hydrogen-bond acceptors (Lipinski definition) is 7. The maximum Gasteiger partial charge on any atom is 0.258 e. The van der Waals surface area contributed by atoms with Crippen molar-refractivity contribution in [2.75, 3.05) is 26.1 Å². The molecule has 3 heterocycles. The number of thiazole rings is 1. The first-order chi connectivity index (χ1) is 14.1. The van der Waals surface area contributed by atoms with Gasteiger partial charge in [-0.3, -0.25) is 14.9 Å². The van der Waals surface area contributed by atoms with E-state index >= 15 is 0 Å². The highest BCUT2D eigenvalue weighted by atomic mass is 32.1. The smallest absolute Gasteiger partial charge is 0.258 e. The van der Waals surface area contributed by atoms with Crippen LogP contribution in [0.15, 0.2) is 35.0 Å². The van der Waals surface area contributed by atoms with Gasteiger partial charge in [0.1, 0.15) is 11.5 Å². The number of ether oxygens (including phenoxy) is 2. The molecule has 1 aliphatic rings. The number of anilines is 1. The van der Waals surface area contributed by atoms with E-state index in [4.69, 9.17) is 9.47 Å². The summed E-state index contributed by atoms with van der Waals surface area (Å²) in [5, 5.41) is 7.06. The summed E-state index contributed by atoms with van der Waals surface area (Å²) in [4.78, 5) is 32.6. The maximum absolute atomic E-state index is 13.0.